The number of hydrogen-bond acceptors (Lipinski definition) is 5. The molecule has 0 radical (unpaired) electrons. The molecule has 0 saturated carbocycles. The summed E-state index contributed by atoms with van der Waals surface area (Å²) in [7, 11) is 1.53. The second kappa shape index (κ2) is 7.19. The number of ether oxygens (including phenoxy) is 1. The number of carbonyl (C=O) groups is 2. The Morgan fingerprint density at radius 1 is 1.38 bits per heavy atom. The van der Waals surface area contributed by atoms with Gasteiger partial charge >= 0.3 is 11.6 Å². The molecule has 0 bridgehead atoms. The molecule has 1 aliphatic heterocycles. The highest BCUT2D eigenvalue weighted by atomic mass is 16.5. The number of likely N-dealkylation sites (tertiary alicyclic amines) is 1. The molecule has 1 aromatic heterocycles. The Labute approximate surface area is 150 Å². The number of methoxy groups -OCH3 is 1. The van der Waals surface area contributed by atoms with E-state index in [1.165, 1.54) is 12.0 Å². The van der Waals surface area contributed by atoms with Crippen molar-refractivity contribution in [3.8, 4) is 5.75 Å². The van der Waals surface area contributed by atoms with Crippen LogP contribution in [-0.2, 0) is 16.0 Å². The van der Waals surface area contributed by atoms with E-state index in [4.69, 9.17) is 14.3 Å². The number of nitrogens with zero attached hydrogens (tertiary/aromatic N) is 1. The number of carbonyl (C=O) groups excluding carboxylic acids is 1. The first kappa shape index (κ1) is 18.0. The summed E-state index contributed by atoms with van der Waals surface area (Å²) in [5.41, 5.74) is 0.861. The van der Waals surface area contributed by atoms with Gasteiger partial charge in [0, 0.05) is 24.5 Å². The number of piperidine rings is 1. The first-order valence-electron chi connectivity index (χ1n) is 8.51. The second-order valence-electron chi connectivity index (χ2n) is 6.55. The molecule has 1 amide bonds. The fourth-order valence-corrected chi connectivity index (χ4v) is 3.37. The van der Waals surface area contributed by atoms with Crippen molar-refractivity contribution < 1.29 is 23.8 Å². The van der Waals surface area contributed by atoms with Crippen LogP contribution < -0.4 is 10.4 Å². The number of fused-ring (bicyclic) bond motifs is 1. The second-order valence-corrected chi connectivity index (χ2v) is 6.55. The monoisotopic (exact) mass is 359 g/mol. The quantitative estimate of drug-likeness (QED) is 0.839. The van der Waals surface area contributed by atoms with E-state index in [1.54, 1.807) is 25.1 Å². The lowest BCUT2D eigenvalue weighted by atomic mass is 9.97. The van der Waals surface area contributed by atoms with Gasteiger partial charge in [0.1, 0.15) is 11.3 Å². The van der Waals surface area contributed by atoms with Crippen LogP contribution in [0.25, 0.3) is 11.0 Å². The Bertz CT molecular complexity index is 916. The third-order valence-corrected chi connectivity index (χ3v) is 4.95. The number of aryl methyl sites for hydroxylation is 1. The smallest absolute Gasteiger partial charge is 0.340 e. The average molecular weight is 359 g/mol. The van der Waals surface area contributed by atoms with Crippen LogP contribution in [0, 0.1) is 12.8 Å². The Morgan fingerprint density at radius 3 is 2.85 bits per heavy atom. The lowest BCUT2D eigenvalue weighted by Crippen LogP contribution is -2.43. The molecule has 1 fully saturated rings. The summed E-state index contributed by atoms with van der Waals surface area (Å²) >= 11 is 0. The first-order valence-corrected chi connectivity index (χ1v) is 8.51. The zero-order valence-corrected chi connectivity index (χ0v) is 14.8. The van der Waals surface area contributed by atoms with Crippen LogP contribution in [0.5, 0.6) is 5.75 Å². The minimum absolute atomic E-state index is 0.0948. The van der Waals surface area contributed by atoms with E-state index in [2.05, 4.69) is 0 Å². The van der Waals surface area contributed by atoms with Gasteiger partial charge in [-0.15, -0.1) is 0 Å². The van der Waals surface area contributed by atoms with Gasteiger partial charge in [-0.25, -0.2) is 4.79 Å². The molecule has 138 valence electrons. The molecule has 26 heavy (non-hydrogen) atoms. The molecule has 1 atom stereocenters. The van der Waals surface area contributed by atoms with Crippen LogP contribution in [-0.4, -0.2) is 42.1 Å². The summed E-state index contributed by atoms with van der Waals surface area (Å²) in [5.74, 6) is -1.11. The number of carboxylic acids is 1. The average Bonchev–Trinajstić information content (AvgIpc) is 2.64. The SMILES string of the molecule is COc1ccc2c(C)c(CC(=O)N3CCC[C@@H](C(=O)O)C3)c(=O)oc2c1. The number of amides is 1. The molecule has 0 spiro atoms. The van der Waals surface area contributed by atoms with Gasteiger partial charge in [0.05, 0.1) is 25.0 Å². The van der Waals surface area contributed by atoms with E-state index in [-0.39, 0.29) is 18.9 Å². The molecular weight excluding hydrogens is 338 g/mol. The van der Waals surface area contributed by atoms with Crippen molar-refractivity contribution in [1.29, 1.82) is 0 Å². The molecule has 0 aliphatic carbocycles. The Morgan fingerprint density at radius 2 is 2.15 bits per heavy atom. The predicted molar refractivity (Wildman–Crippen MR) is 94.4 cm³/mol. The highest BCUT2D eigenvalue weighted by molar-refractivity contribution is 5.85. The molecule has 1 saturated heterocycles. The topological polar surface area (TPSA) is 97.0 Å². The van der Waals surface area contributed by atoms with Gasteiger partial charge in [-0.1, -0.05) is 0 Å². The fourth-order valence-electron chi connectivity index (χ4n) is 3.37. The van der Waals surface area contributed by atoms with Crippen molar-refractivity contribution in [2.45, 2.75) is 26.2 Å². The van der Waals surface area contributed by atoms with Gasteiger partial charge in [0.15, 0.2) is 0 Å². The van der Waals surface area contributed by atoms with E-state index in [0.29, 0.717) is 41.8 Å². The zero-order valence-electron chi connectivity index (χ0n) is 14.8. The Kier molecular flexibility index (Phi) is 4.97. The lowest BCUT2D eigenvalue weighted by Gasteiger charge is -2.30. The van der Waals surface area contributed by atoms with Gasteiger partial charge < -0.3 is 19.2 Å². The van der Waals surface area contributed by atoms with Gasteiger partial charge in [0.2, 0.25) is 5.91 Å². The molecule has 3 rings (SSSR count). The van der Waals surface area contributed by atoms with Crippen LogP contribution >= 0.6 is 0 Å². The zero-order chi connectivity index (χ0) is 18.8. The third kappa shape index (κ3) is 3.42. The maximum absolute atomic E-state index is 12.6. The molecule has 7 heteroatoms. The maximum Gasteiger partial charge on any atom is 0.340 e. The Hall–Kier alpha value is -2.83. The minimum Gasteiger partial charge on any atom is -0.497 e. The van der Waals surface area contributed by atoms with E-state index in [0.717, 1.165) is 5.39 Å². The number of hydrogen-bond donors (Lipinski definition) is 1. The molecule has 2 heterocycles. The molecule has 2 aromatic rings. The van der Waals surface area contributed by atoms with Crippen molar-refractivity contribution in [3.05, 3.63) is 39.7 Å². The normalized spacial score (nSPS) is 17.3. The van der Waals surface area contributed by atoms with Crippen LogP contribution in [0.15, 0.2) is 27.4 Å². The number of carboxylic acid groups (broad SMARTS) is 1. The van der Waals surface area contributed by atoms with E-state index in [9.17, 15) is 14.4 Å². The maximum atomic E-state index is 12.6. The van der Waals surface area contributed by atoms with Gasteiger partial charge in [-0.3, -0.25) is 9.59 Å². The van der Waals surface area contributed by atoms with Crippen molar-refractivity contribution in [2.75, 3.05) is 20.2 Å². The molecule has 1 aromatic carbocycles. The highest BCUT2D eigenvalue weighted by Gasteiger charge is 2.29. The van der Waals surface area contributed by atoms with Gasteiger partial charge in [0.25, 0.3) is 0 Å². The molecule has 1 aliphatic rings. The van der Waals surface area contributed by atoms with Crippen molar-refractivity contribution in [3.63, 3.8) is 0 Å². The summed E-state index contributed by atoms with van der Waals surface area (Å²) in [6, 6.07) is 5.20. The van der Waals surface area contributed by atoms with Crippen LogP contribution in [0.2, 0.25) is 0 Å². The third-order valence-electron chi connectivity index (χ3n) is 4.95. The standard InChI is InChI=1S/C19H21NO6/c1-11-14-6-5-13(25-2)8-16(14)26-19(24)15(11)9-17(21)20-7-3-4-12(10-20)18(22)23/h5-6,8,12H,3-4,7,9-10H2,1-2H3,(H,22,23)/t12-/m1/s1. The molecule has 1 N–H and O–H groups in total. The van der Waals surface area contributed by atoms with E-state index in [1.807, 2.05) is 0 Å². The summed E-state index contributed by atoms with van der Waals surface area (Å²) in [5, 5.41) is 9.91. The van der Waals surface area contributed by atoms with Crippen LogP contribution in [0.4, 0.5) is 0 Å². The first-order chi connectivity index (χ1) is 12.4. The van der Waals surface area contributed by atoms with Crippen molar-refractivity contribution in [2.24, 2.45) is 5.92 Å². The van der Waals surface area contributed by atoms with E-state index >= 15 is 0 Å². The van der Waals surface area contributed by atoms with Gasteiger partial charge in [-0.2, -0.15) is 0 Å². The van der Waals surface area contributed by atoms with E-state index < -0.39 is 17.5 Å². The van der Waals surface area contributed by atoms with Gasteiger partial charge in [-0.05, 0) is 37.5 Å². The Balaban J connectivity index is 1.87. The van der Waals surface area contributed by atoms with Crippen LogP contribution in [0.3, 0.4) is 0 Å². The summed E-state index contributed by atoms with van der Waals surface area (Å²) in [4.78, 5) is 37.7. The lowest BCUT2D eigenvalue weighted by molar-refractivity contribution is -0.145. The summed E-state index contributed by atoms with van der Waals surface area (Å²) in [6.07, 6.45) is 1.12. The largest absolute Gasteiger partial charge is 0.497 e. The molecule has 0 unspecified atom stereocenters. The van der Waals surface area contributed by atoms with Crippen LogP contribution in [0.1, 0.15) is 24.0 Å². The van der Waals surface area contributed by atoms with Crippen molar-refractivity contribution >= 4 is 22.8 Å². The van der Waals surface area contributed by atoms with Crippen molar-refractivity contribution in [1.82, 2.24) is 4.90 Å². The summed E-state index contributed by atoms with van der Waals surface area (Å²) in [6.45, 7) is 2.48. The number of rotatable bonds is 4. The minimum atomic E-state index is -0.891. The highest BCUT2D eigenvalue weighted by Crippen LogP contribution is 2.25. The number of benzene rings is 1. The molecule has 7 nitrogen and oxygen atoms in total. The number of aliphatic carboxylic acids is 1. The summed E-state index contributed by atoms with van der Waals surface area (Å²) < 4.78 is 10.5. The fraction of sp³-hybridized carbons (Fsp3) is 0.421. The molecular formula is C19H21NO6. The predicted octanol–water partition coefficient (Wildman–Crippen LogP) is 1.98.